The quantitative estimate of drug-likeness (QED) is 0.829. The highest BCUT2D eigenvalue weighted by molar-refractivity contribution is 8.03. The number of hydrogen-bond acceptors (Lipinski definition) is 5. The van der Waals surface area contributed by atoms with E-state index < -0.39 is 23.6 Å². The minimum absolute atomic E-state index is 0.0427. The molecule has 3 rings (SSSR count). The molecule has 0 saturated carbocycles. The molecule has 2 amide bonds. The molecule has 6 heteroatoms. The molecule has 1 aromatic rings. The minimum Gasteiger partial charge on any atom is -0.444 e. The summed E-state index contributed by atoms with van der Waals surface area (Å²) in [7, 11) is 0. The van der Waals surface area contributed by atoms with Crippen molar-refractivity contribution >= 4 is 23.8 Å². The van der Waals surface area contributed by atoms with E-state index in [0.29, 0.717) is 4.90 Å². The molecule has 2 unspecified atom stereocenters. The summed E-state index contributed by atoms with van der Waals surface area (Å²) in [5.41, 5.74) is -0.0397. The first kappa shape index (κ1) is 11.1. The van der Waals surface area contributed by atoms with Crippen LogP contribution >= 0.6 is 11.8 Å². The first-order valence-corrected chi connectivity index (χ1v) is 6.60. The normalized spacial score (nSPS) is 29.3. The lowest BCUT2D eigenvalue weighted by molar-refractivity contribution is -0.126. The number of amides is 2. The molecule has 1 aromatic carbocycles. The Morgan fingerprint density at radius 1 is 1.47 bits per heavy atom. The van der Waals surface area contributed by atoms with Crippen LogP contribution in [0.5, 0.6) is 0 Å². The zero-order valence-corrected chi connectivity index (χ0v) is 10.6. The number of nitrogens with zero attached hydrogens (tertiary/aromatic N) is 1. The predicted octanol–water partition coefficient (Wildman–Crippen LogP) is 2.09. The van der Waals surface area contributed by atoms with Gasteiger partial charge < -0.3 is 9.47 Å². The first-order chi connectivity index (χ1) is 9.60. The summed E-state index contributed by atoms with van der Waals surface area (Å²) in [6.45, 7) is 0.0427. The van der Waals surface area contributed by atoms with Crippen molar-refractivity contribution < 1.29 is 20.4 Å². The highest BCUT2D eigenvalue weighted by atomic mass is 32.2. The molecule has 2 atom stereocenters. The van der Waals surface area contributed by atoms with Crippen molar-refractivity contribution in [3.05, 3.63) is 47.4 Å². The number of imide groups is 1. The number of benzene rings is 1. The second-order valence-electron chi connectivity index (χ2n) is 3.94. The number of rotatable bonds is 2. The van der Waals surface area contributed by atoms with Crippen molar-refractivity contribution in [2.75, 3.05) is 0 Å². The average molecular weight is 278 g/mol. The van der Waals surface area contributed by atoms with E-state index in [1.807, 2.05) is 18.2 Å². The first-order valence-electron chi connectivity index (χ1n) is 6.16. The number of carbonyl (C=O) groups excluding carboxylic acids is 2. The van der Waals surface area contributed by atoms with Crippen molar-refractivity contribution in [1.29, 1.82) is 0 Å². The maximum absolute atomic E-state index is 12.0. The fourth-order valence-electron chi connectivity index (χ4n) is 1.76. The van der Waals surface area contributed by atoms with Crippen LogP contribution in [0, 0.1) is 0 Å². The van der Waals surface area contributed by atoms with E-state index in [1.54, 1.807) is 17.5 Å². The third-order valence-corrected chi connectivity index (χ3v) is 3.51. The molecule has 0 aliphatic carbocycles. The van der Waals surface area contributed by atoms with E-state index in [1.165, 1.54) is 6.08 Å². The summed E-state index contributed by atoms with van der Waals surface area (Å²) < 4.78 is 18.3. The van der Waals surface area contributed by atoms with Gasteiger partial charge in [0.1, 0.15) is 6.61 Å². The van der Waals surface area contributed by atoms with E-state index in [2.05, 4.69) is 0 Å². The van der Waals surface area contributed by atoms with Gasteiger partial charge in [-0.3, -0.25) is 4.79 Å². The second-order valence-corrected chi connectivity index (χ2v) is 4.91. The molecular formula is C13H11NO4S. The van der Waals surface area contributed by atoms with Crippen LogP contribution in [0.3, 0.4) is 0 Å². The van der Waals surface area contributed by atoms with Crippen molar-refractivity contribution in [3.63, 3.8) is 0 Å². The Hall–Kier alpha value is -1.79. The van der Waals surface area contributed by atoms with Crippen LogP contribution in [-0.4, -0.2) is 28.5 Å². The van der Waals surface area contributed by atoms with Crippen LogP contribution in [0.15, 0.2) is 41.8 Å². The van der Waals surface area contributed by atoms with Crippen LogP contribution in [0.4, 0.5) is 4.79 Å². The van der Waals surface area contributed by atoms with Crippen molar-refractivity contribution in [2.45, 2.75) is 18.2 Å². The van der Waals surface area contributed by atoms with Crippen LogP contribution in [0.25, 0.3) is 0 Å². The van der Waals surface area contributed by atoms with Gasteiger partial charge in [-0.2, -0.15) is 0 Å². The average Bonchev–Trinajstić information content (AvgIpc) is 2.63. The van der Waals surface area contributed by atoms with Crippen LogP contribution < -0.4 is 0 Å². The third-order valence-electron chi connectivity index (χ3n) is 2.67. The summed E-state index contributed by atoms with van der Waals surface area (Å²) in [6, 6.07) is 9.12. The second kappa shape index (κ2) is 5.07. The number of ether oxygens (including phenoxy) is 2. The fourth-order valence-corrected chi connectivity index (χ4v) is 2.47. The van der Waals surface area contributed by atoms with Crippen molar-refractivity contribution in [1.82, 2.24) is 4.90 Å². The highest BCUT2D eigenvalue weighted by Crippen LogP contribution is 2.32. The van der Waals surface area contributed by atoms with E-state index >= 15 is 0 Å². The molecule has 1 saturated heterocycles. The Balaban J connectivity index is 1.71. The Labute approximate surface area is 115 Å². The van der Waals surface area contributed by atoms with Crippen LogP contribution in [-0.2, 0) is 20.9 Å². The molecule has 2 aliphatic rings. The summed E-state index contributed by atoms with van der Waals surface area (Å²) in [6.07, 6.45) is -1.31. The van der Waals surface area contributed by atoms with E-state index in [-0.39, 0.29) is 6.61 Å². The van der Waals surface area contributed by atoms with Gasteiger partial charge >= 0.3 is 6.09 Å². The largest absolute Gasteiger partial charge is 0.444 e. The van der Waals surface area contributed by atoms with E-state index in [4.69, 9.17) is 10.8 Å². The molecule has 0 spiro atoms. The number of carbonyl (C=O) groups is 2. The zero-order valence-electron chi connectivity index (χ0n) is 10.8. The van der Waals surface area contributed by atoms with Gasteiger partial charge in [0, 0.05) is 0 Å². The monoisotopic (exact) mass is 278 g/mol. The number of fused-ring (bicyclic) bond motifs is 2. The van der Waals surface area contributed by atoms with Gasteiger partial charge in [0.05, 0.1) is 1.37 Å². The summed E-state index contributed by atoms with van der Waals surface area (Å²) >= 11 is 1.13. The molecule has 1 fully saturated rings. The molecule has 5 nitrogen and oxygen atoms in total. The number of hydrogen-bond donors (Lipinski definition) is 0. The standard InChI is InChI=1S/C13H11NO4S/c15-11-12-18-10(6-7-19-12)14(11)13(16)17-8-9-4-2-1-3-5-9/h1-7,10,12H,8H2/i10D. The van der Waals surface area contributed by atoms with E-state index in [0.717, 1.165) is 17.3 Å². The molecule has 2 heterocycles. The predicted molar refractivity (Wildman–Crippen MR) is 68.9 cm³/mol. The summed E-state index contributed by atoms with van der Waals surface area (Å²) in [4.78, 5) is 24.7. The fraction of sp³-hybridized carbons (Fsp3) is 0.231. The molecule has 98 valence electrons. The van der Waals surface area contributed by atoms with Gasteiger partial charge in [-0.05, 0) is 17.0 Å². The Bertz CT molecular complexity index is 579. The van der Waals surface area contributed by atoms with Gasteiger partial charge in [-0.15, -0.1) is 0 Å². The van der Waals surface area contributed by atoms with Crippen LogP contribution in [0.1, 0.15) is 6.93 Å². The summed E-state index contributed by atoms with van der Waals surface area (Å²) in [5.74, 6) is -0.562. The van der Waals surface area contributed by atoms with Crippen molar-refractivity contribution in [3.8, 4) is 0 Å². The van der Waals surface area contributed by atoms with Gasteiger partial charge in [0.15, 0.2) is 11.6 Å². The van der Waals surface area contributed by atoms with Gasteiger partial charge in [-0.1, -0.05) is 42.1 Å². The maximum Gasteiger partial charge on any atom is 0.419 e. The maximum atomic E-state index is 12.0. The molecule has 2 aliphatic heterocycles. The topological polar surface area (TPSA) is 55.8 Å². The highest BCUT2D eigenvalue weighted by Gasteiger charge is 2.46. The Morgan fingerprint density at radius 3 is 3.00 bits per heavy atom. The Morgan fingerprint density at radius 2 is 2.26 bits per heavy atom. The molecule has 0 N–H and O–H groups in total. The zero-order chi connectivity index (χ0) is 14.2. The minimum atomic E-state index is -1.79. The summed E-state index contributed by atoms with van der Waals surface area (Å²) in [5, 5.41) is 1.59. The number of thioether (sulfide) groups is 1. The lowest BCUT2D eigenvalue weighted by Crippen LogP contribution is -2.38. The smallest absolute Gasteiger partial charge is 0.419 e. The molecule has 2 bridgehead atoms. The molecule has 19 heavy (non-hydrogen) atoms. The lowest BCUT2D eigenvalue weighted by Gasteiger charge is -2.18. The SMILES string of the molecule is [2H]C12C=CSC(O1)C(=O)N2C(=O)OCc1ccccc1. The lowest BCUT2D eigenvalue weighted by atomic mass is 10.2. The molecular weight excluding hydrogens is 266 g/mol. The van der Waals surface area contributed by atoms with Gasteiger partial charge in [-0.25, -0.2) is 9.69 Å². The Kier molecular flexibility index (Phi) is 2.95. The van der Waals surface area contributed by atoms with Crippen LogP contribution in [0.2, 0.25) is 0 Å². The van der Waals surface area contributed by atoms with Crippen molar-refractivity contribution in [2.24, 2.45) is 0 Å². The van der Waals surface area contributed by atoms with E-state index in [9.17, 15) is 9.59 Å². The van der Waals surface area contributed by atoms with Gasteiger partial charge in [0.25, 0.3) is 5.91 Å². The third kappa shape index (κ3) is 2.36. The molecule has 0 aromatic heterocycles. The van der Waals surface area contributed by atoms with Gasteiger partial charge in [0.2, 0.25) is 0 Å². The molecule has 0 radical (unpaired) electrons.